The van der Waals surface area contributed by atoms with E-state index in [1.807, 2.05) is 0 Å². The predicted molar refractivity (Wildman–Crippen MR) is 73.6 cm³/mol. The molecular weight excluding hydrogens is 215 g/mol. The smallest absolute Gasteiger partial charge is 0.0194 e. The van der Waals surface area contributed by atoms with Crippen LogP contribution in [0.15, 0.2) is 48.5 Å². The van der Waals surface area contributed by atoms with E-state index in [9.17, 15) is 0 Å². The monoisotopic (exact) mass is 232 g/mol. The maximum Gasteiger partial charge on any atom is -0.0194 e. The molecule has 0 radical (unpaired) electrons. The molecule has 0 amide bonds. The molecule has 2 heteroatoms. The van der Waals surface area contributed by atoms with Crippen LogP contribution in [0.4, 0.5) is 0 Å². The summed E-state index contributed by atoms with van der Waals surface area (Å²) in [6.45, 7) is 4.38. The van der Waals surface area contributed by atoms with Crippen molar-refractivity contribution in [3.8, 4) is 0 Å². The molecule has 0 aliphatic carbocycles. The van der Waals surface area contributed by atoms with Crippen LogP contribution < -0.4 is 10.6 Å². The molecule has 1 nitrogen and oxygen atoms in total. The highest BCUT2D eigenvalue weighted by Crippen LogP contribution is 2.15. The van der Waals surface area contributed by atoms with Gasteiger partial charge in [0.15, 0.2) is 0 Å². The summed E-state index contributed by atoms with van der Waals surface area (Å²) in [6.07, 6.45) is 0. The van der Waals surface area contributed by atoms with E-state index in [-0.39, 0.29) is 5.48 Å². The van der Waals surface area contributed by atoms with Gasteiger partial charge >= 0.3 is 0 Å². The number of rotatable bonds is 2. The Kier molecular flexibility index (Phi) is 4.67. The second-order valence-electron chi connectivity index (χ2n) is 3.74. The van der Waals surface area contributed by atoms with Crippen LogP contribution in [0.5, 0.6) is 0 Å². The largest absolute Gasteiger partial charge is 0.412 e. The van der Waals surface area contributed by atoms with E-state index in [1.165, 1.54) is 21.7 Å². The summed E-state index contributed by atoms with van der Waals surface area (Å²) >= 11 is 0. The zero-order chi connectivity index (χ0) is 10.7. The Labute approximate surface area is 98.6 Å². The maximum absolute atomic E-state index is 2.23. The van der Waals surface area contributed by atoms with E-state index in [1.54, 1.807) is 0 Å². The van der Waals surface area contributed by atoms with Crippen molar-refractivity contribution in [3.63, 3.8) is 0 Å². The summed E-state index contributed by atoms with van der Waals surface area (Å²) in [5.41, 5.74) is 2.82. The van der Waals surface area contributed by atoms with Gasteiger partial charge in [0, 0.05) is 0 Å². The number of benzene rings is 2. The van der Waals surface area contributed by atoms with Crippen LogP contribution in [0, 0.1) is 13.8 Å². The second kappa shape index (κ2) is 5.79. The Balaban J connectivity index is 0.00000128. The Bertz CT molecular complexity index is 452. The fourth-order valence-electron chi connectivity index (χ4n) is 1.56. The summed E-state index contributed by atoms with van der Waals surface area (Å²) in [5, 5.41) is 2.87. The van der Waals surface area contributed by atoms with Crippen molar-refractivity contribution in [1.82, 2.24) is 0 Å². The first-order valence-electron chi connectivity index (χ1n) is 5.15. The standard InChI is InChI=1S/C14H15P.H2O/c1-11-7-6-10-14(12(11)2)15-13-8-4-3-5-9-13;/h3-10,15H,1-2H3;1H2. The highest BCUT2D eigenvalue weighted by Gasteiger charge is 2.01. The van der Waals surface area contributed by atoms with Gasteiger partial charge in [-0.1, -0.05) is 57.1 Å². The predicted octanol–water partition coefficient (Wildman–Crippen LogP) is 2.11. The third-order valence-corrected chi connectivity index (χ3v) is 4.09. The molecule has 0 fully saturated rings. The van der Waals surface area contributed by atoms with Gasteiger partial charge in [-0.2, -0.15) is 0 Å². The fraction of sp³-hybridized carbons (Fsp3) is 0.143. The molecule has 0 saturated heterocycles. The Morgan fingerprint density at radius 2 is 1.50 bits per heavy atom. The van der Waals surface area contributed by atoms with E-state index in [0.717, 1.165) is 8.58 Å². The molecule has 1 unspecified atom stereocenters. The molecule has 0 aliphatic rings. The van der Waals surface area contributed by atoms with Gasteiger partial charge in [0.1, 0.15) is 0 Å². The summed E-state index contributed by atoms with van der Waals surface area (Å²) in [5.74, 6) is 0. The molecule has 1 atom stereocenters. The average molecular weight is 232 g/mol. The van der Waals surface area contributed by atoms with E-state index in [2.05, 4.69) is 62.4 Å². The van der Waals surface area contributed by atoms with Crippen LogP contribution in [0.2, 0.25) is 0 Å². The minimum absolute atomic E-state index is 0. The van der Waals surface area contributed by atoms with Gasteiger partial charge in [-0.05, 0) is 35.6 Å². The molecule has 2 rings (SSSR count). The molecule has 2 aromatic carbocycles. The van der Waals surface area contributed by atoms with Crippen molar-refractivity contribution in [2.24, 2.45) is 0 Å². The van der Waals surface area contributed by atoms with Crippen LogP contribution in [-0.4, -0.2) is 5.48 Å². The molecule has 2 N–H and O–H groups in total. The third-order valence-electron chi connectivity index (χ3n) is 2.66. The number of hydrogen-bond donors (Lipinski definition) is 0. The summed E-state index contributed by atoms with van der Waals surface area (Å²) in [4.78, 5) is 0. The van der Waals surface area contributed by atoms with Gasteiger partial charge in [0.25, 0.3) is 0 Å². The minimum Gasteiger partial charge on any atom is -0.412 e. The quantitative estimate of drug-likeness (QED) is 0.710. The van der Waals surface area contributed by atoms with Crippen molar-refractivity contribution in [2.75, 3.05) is 0 Å². The van der Waals surface area contributed by atoms with E-state index in [0.29, 0.717) is 0 Å². The van der Waals surface area contributed by atoms with Crippen molar-refractivity contribution < 1.29 is 5.48 Å². The maximum atomic E-state index is 2.23. The van der Waals surface area contributed by atoms with Crippen molar-refractivity contribution in [3.05, 3.63) is 59.7 Å². The van der Waals surface area contributed by atoms with Gasteiger partial charge in [-0.3, -0.25) is 0 Å². The molecule has 0 heterocycles. The molecule has 16 heavy (non-hydrogen) atoms. The van der Waals surface area contributed by atoms with Crippen molar-refractivity contribution in [1.29, 1.82) is 0 Å². The summed E-state index contributed by atoms with van der Waals surface area (Å²) < 4.78 is 0. The van der Waals surface area contributed by atoms with Crippen LogP contribution in [0.1, 0.15) is 11.1 Å². The van der Waals surface area contributed by atoms with E-state index in [4.69, 9.17) is 0 Å². The lowest BCUT2D eigenvalue weighted by molar-refractivity contribution is 0.824. The first-order valence-corrected chi connectivity index (χ1v) is 6.15. The van der Waals surface area contributed by atoms with Gasteiger partial charge in [-0.25, -0.2) is 0 Å². The Hall–Kier alpha value is -1.17. The molecule has 0 aliphatic heterocycles. The van der Waals surface area contributed by atoms with Gasteiger partial charge < -0.3 is 5.48 Å². The van der Waals surface area contributed by atoms with Crippen LogP contribution in [0.3, 0.4) is 0 Å². The minimum atomic E-state index is 0. The first kappa shape index (κ1) is 12.9. The zero-order valence-electron chi connectivity index (χ0n) is 9.62. The number of aryl methyl sites for hydroxylation is 1. The van der Waals surface area contributed by atoms with Gasteiger partial charge in [0.05, 0.1) is 0 Å². The Morgan fingerprint density at radius 3 is 2.19 bits per heavy atom. The topological polar surface area (TPSA) is 31.5 Å². The highest BCUT2D eigenvalue weighted by molar-refractivity contribution is 7.55. The molecule has 2 aromatic rings. The molecule has 0 bridgehead atoms. The van der Waals surface area contributed by atoms with Crippen LogP contribution >= 0.6 is 8.58 Å². The van der Waals surface area contributed by atoms with Gasteiger partial charge in [-0.15, -0.1) is 0 Å². The first-order chi connectivity index (χ1) is 7.27. The van der Waals surface area contributed by atoms with E-state index >= 15 is 0 Å². The molecule has 0 spiro atoms. The van der Waals surface area contributed by atoms with Gasteiger partial charge in [0.2, 0.25) is 0 Å². The normalized spacial score (nSPS) is 10.4. The Morgan fingerprint density at radius 1 is 0.812 bits per heavy atom. The SMILES string of the molecule is Cc1cccc(Pc2ccccc2)c1C.O. The van der Waals surface area contributed by atoms with Crippen LogP contribution in [-0.2, 0) is 0 Å². The number of hydrogen-bond acceptors (Lipinski definition) is 0. The second-order valence-corrected chi connectivity index (χ2v) is 5.10. The lowest BCUT2D eigenvalue weighted by Gasteiger charge is -2.08. The van der Waals surface area contributed by atoms with Crippen LogP contribution in [0.25, 0.3) is 0 Å². The summed E-state index contributed by atoms with van der Waals surface area (Å²) in [6, 6.07) is 17.2. The molecule has 84 valence electrons. The molecular formula is C14H17OP. The lowest BCUT2D eigenvalue weighted by Crippen LogP contribution is -2.07. The zero-order valence-corrected chi connectivity index (χ0v) is 10.6. The summed E-state index contributed by atoms with van der Waals surface area (Å²) in [7, 11) is 0.772. The van der Waals surface area contributed by atoms with Crippen molar-refractivity contribution >= 4 is 19.2 Å². The van der Waals surface area contributed by atoms with E-state index < -0.39 is 0 Å². The fourth-order valence-corrected chi connectivity index (χ4v) is 2.80. The average Bonchev–Trinajstić information content (AvgIpc) is 2.26. The van der Waals surface area contributed by atoms with Crippen molar-refractivity contribution in [2.45, 2.75) is 13.8 Å². The molecule has 0 saturated carbocycles. The molecule has 0 aromatic heterocycles. The highest BCUT2D eigenvalue weighted by atomic mass is 31.1. The lowest BCUT2D eigenvalue weighted by atomic mass is 10.1. The third kappa shape index (κ3) is 2.91.